The molecule has 2 rings (SSSR count). The highest BCUT2D eigenvalue weighted by Crippen LogP contribution is 2.33. The second-order valence-corrected chi connectivity index (χ2v) is 5.24. The predicted molar refractivity (Wildman–Crippen MR) is 66.1 cm³/mol. The Bertz CT molecular complexity index is 597. The average molecular weight is 356 g/mol. The van der Waals surface area contributed by atoms with Crippen LogP contribution in [0.25, 0.3) is 5.69 Å². The highest BCUT2D eigenvalue weighted by atomic mass is 79.9. The van der Waals surface area contributed by atoms with E-state index in [1.54, 1.807) is 6.92 Å². The average Bonchev–Trinajstić information content (AvgIpc) is 2.76. The van der Waals surface area contributed by atoms with Crippen molar-refractivity contribution in [2.45, 2.75) is 18.5 Å². The van der Waals surface area contributed by atoms with Crippen LogP contribution in [0.4, 0.5) is 13.2 Å². The van der Waals surface area contributed by atoms with Crippen LogP contribution in [0.5, 0.6) is 0 Å². The molecule has 0 aliphatic carbocycles. The Kier molecular flexibility index (Phi) is 3.82. The summed E-state index contributed by atoms with van der Waals surface area (Å²) in [5, 5.41) is 10.3. The maximum Gasteiger partial charge on any atom is 0.416 e. The van der Waals surface area contributed by atoms with Crippen molar-refractivity contribution in [1.29, 1.82) is 0 Å². The van der Waals surface area contributed by atoms with Gasteiger partial charge in [0, 0.05) is 4.47 Å². The van der Waals surface area contributed by atoms with Gasteiger partial charge in [0.05, 0.1) is 16.6 Å². The first-order chi connectivity index (χ1) is 8.80. The fourth-order valence-corrected chi connectivity index (χ4v) is 2.02. The molecular weight excluding hydrogens is 348 g/mol. The summed E-state index contributed by atoms with van der Waals surface area (Å²) < 4.78 is 39.7. The molecule has 19 heavy (non-hydrogen) atoms. The standard InChI is InChI=1S/C10H7BrClF3N4/c1-5(12)9-16-17-18-19(9)8-4-6(10(13,14)15)2-3-7(8)11/h2-5H,1H3. The molecule has 0 aliphatic rings. The highest BCUT2D eigenvalue weighted by Gasteiger charge is 2.31. The number of rotatable bonds is 2. The van der Waals surface area contributed by atoms with Crippen LogP contribution in [0.1, 0.15) is 23.7 Å². The normalized spacial score (nSPS) is 13.6. The first kappa shape index (κ1) is 14.3. The summed E-state index contributed by atoms with van der Waals surface area (Å²) in [5.41, 5.74) is -0.600. The fourth-order valence-electron chi connectivity index (χ4n) is 1.46. The quantitative estimate of drug-likeness (QED) is 0.771. The molecule has 2 aromatic rings. The van der Waals surface area contributed by atoms with Gasteiger partial charge in [-0.25, -0.2) is 0 Å². The van der Waals surface area contributed by atoms with Gasteiger partial charge < -0.3 is 0 Å². The molecule has 0 bridgehead atoms. The molecule has 9 heteroatoms. The Labute approximate surface area is 119 Å². The Hall–Kier alpha value is -1.15. The Morgan fingerprint density at radius 3 is 2.63 bits per heavy atom. The van der Waals surface area contributed by atoms with E-state index in [-0.39, 0.29) is 11.5 Å². The van der Waals surface area contributed by atoms with E-state index in [2.05, 4.69) is 31.5 Å². The lowest BCUT2D eigenvalue weighted by molar-refractivity contribution is -0.137. The Morgan fingerprint density at radius 1 is 1.37 bits per heavy atom. The minimum atomic E-state index is -4.43. The molecule has 102 valence electrons. The molecule has 0 N–H and O–H groups in total. The van der Waals surface area contributed by atoms with E-state index < -0.39 is 17.1 Å². The predicted octanol–water partition coefficient (Wildman–Crippen LogP) is 3.74. The second kappa shape index (κ2) is 5.09. The summed E-state index contributed by atoms with van der Waals surface area (Å²) in [6.07, 6.45) is -4.43. The third-order valence-corrected chi connectivity index (χ3v) is 3.22. The van der Waals surface area contributed by atoms with E-state index in [4.69, 9.17) is 11.6 Å². The monoisotopic (exact) mass is 354 g/mol. The van der Waals surface area contributed by atoms with Crippen molar-refractivity contribution in [2.75, 3.05) is 0 Å². The zero-order chi connectivity index (χ0) is 14.2. The van der Waals surface area contributed by atoms with Crippen molar-refractivity contribution in [1.82, 2.24) is 20.2 Å². The van der Waals surface area contributed by atoms with Crippen LogP contribution >= 0.6 is 27.5 Å². The molecule has 0 amide bonds. The Balaban J connectivity index is 2.58. The second-order valence-electron chi connectivity index (χ2n) is 3.73. The van der Waals surface area contributed by atoms with Crippen molar-refractivity contribution >= 4 is 27.5 Å². The van der Waals surface area contributed by atoms with Gasteiger partial charge in [0.15, 0.2) is 5.82 Å². The summed E-state index contributed by atoms with van der Waals surface area (Å²) in [6.45, 7) is 1.63. The van der Waals surface area contributed by atoms with Crippen LogP contribution in [-0.4, -0.2) is 20.2 Å². The maximum atomic E-state index is 12.7. The number of tetrazole rings is 1. The minimum absolute atomic E-state index is 0.183. The van der Waals surface area contributed by atoms with Crippen LogP contribution in [-0.2, 0) is 6.18 Å². The van der Waals surface area contributed by atoms with E-state index in [0.717, 1.165) is 12.1 Å². The number of nitrogens with zero attached hydrogens (tertiary/aromatic N) is 4. The lowest BCUT2D eigenvalue weighted by Crippen LogP contribution is -2.09. The van der Waals surface area contributed by atoms with Gasteiger partial charge in [-0.15, -0.1) is 16.7 Å². The maximum absolute atomic E-state index is 12.7. The molecule has 1 atom stereocenters. The van der Waals surface area contributed by atoms with Crippen LogP contribution in [0.2, 0.25) is 0 Å². The summed E-state index contributed by atoms with van der Waals surface area (Å²) in [7, 11) is 0. The van der Waals surface area contributed by atoms with Gasteiger partial charge in [0.1, 0.15) is 0 Å². The number of halogens is 5. The zero-order valence-electron chi connectivity index (χ0n) is 9.49. The molecule has 1 unspecified atom stereocenters. The van der Waals surface area contributed by atoms with Crippen LogP contribution in [0, 0.1) is 0 Å². The van der Waals surface area contributed by atoms with Gasteiger partial charge in [-0.3, -0.25) is 0 Å². The van der Waals surface area contributed by atoms with Crippen molar-refractivity contribution < 1.29 is 13.2 Å². The molecule has 0 spiro atoms. The molecule has 0 aliphatic heterocycles. The van der Waals surface area contributed by atoms with Gasteiger partial charge in [-0.05, 0) is 51.5 Å². The van der Waals surface area contributed by atoms with Crippen LogP contribution in [0.15, 0.2) is 22.7 Å². The largest absolute Gasteiger partial charge is 0.416 e. The third kappa shape index (κ3) is 2.89. The van der Waals surface area contributed by atoms with E-state index >= 15 is 0 Å². The Morgan fingerprint density at radius 2 is 2.05 bits per heavy atom. The van der Waals surface area contributed by atoms with Gasteiger partial charge in [0.2, 0.25) is 0 Å². The molecule has 0 fully saturated rings. The van der Waals surface area contributed by atoms with E-state index in [1.807, 2.05) is 0 Å². The van der Waals surface area contributed by atoms with Crippen molar-refractivity contribution in [3.05, 3.63) is 34.1 Å². The third-order valence-electron chi connectivity index (χ3n) is 2.35. The van der Waals surface area contributed by atoms with E-state index in [1.165, 1.54) is 10.7 Å². The van der Waals surface area contributed by atoms with Gasteiger partial charge in [0.25, 0.3) is 0 Å². The molecule has 0 radical (unpaired) electrons. The van der Waals surface area contributed by atoms with Crippen LogP contribution in [0.3, 0.4) is 0 Å². The lowest BCUT2D eigenvalue weighted by atomic mass is 10.2. The van der Waals surface area contributed by atoms with Crippen molar-refractivity contribution in [3.63, 3.8) is 0 Å². The molecular formula is C10H7BrClF3N4. The first-order valence-corrected chi connectivity index (χ1v) is 6.33. The number of alkyl halides is 4. The van der Waals surface area contributed by atoms with Gasteiger partial charge in [-0.1, -0.05) is 0 Å². The molecule has 0 saturated carbocycles. The van der Waals surface area contributed by atoms with Gasteiger partial charge >= 0.3 is 6.18 Å². The van der Waals surface area contributed by atoms with Crippen LogP contribution < -0.4 is 0 Å². The molecule has 1 heterocycles. The van der Waals surface area contributed by atoms with Crippen molar-refractivity contribution in [2.24, 2.45) is 0 Å². The SMILES string of the molecule is CC(Cl)c1nnnn1-c1cc(C(F)(F)F)ccc1Br. The molecule has 1 aromatic carbocycles. The highest BCUT2D eigenvalue weighted by molar-refractivity contribution is 9.10. The molecule has 4 nitrogen and oxygen atoms in total. The number of hydrogen-bond donors (Lipinski definition) is 0. The summed E-state index contributed by atoms with van der Waals surface area (Å²) in [4.78, 5) is 0. The first-order valence-electron chi connectivity index (χ1n) is 5.10. The topological polar surface area (TPSA) is 43.6 Å². The molecule has 0 saturated heterocycles. The minimum Gasteiger partial charge on any atom is -0.195 e. The smallest absolute Gasteiger partial charge is 0.195 e. The molecule has 1 aromatic heterocycles. The lowest BCUT2D eigenvalue weighted by Gasteiger charge is -2.11. The summed E-state index contributed by atoms with van der Waals surface area (Å²) in [6, 6.07) is 3.23. The number of benzene rings is 1. The van der Waals surface area contributed by atoms with E-state index in [0.29, 0.717) is 4.47 Å². The summed E-state index contributed by atoms with van der Waals surface area (Å²) >= 11 is 9.06. The summed E-state index contributed by atoms with van der Waals surface area (Å²) in [5.74, 6) is 0.265. The van der Waals surface area contributed by atoms with Gasteiger partial charge in [-0.2, -0.15) is 17.9 Å². The number of hydrogen-bond acceptors (Lipinski definition) is 3. The number of aromatic nitrogens is 4. The fraction of sp³-hybridized carbons (Fsp3) is 0.300. The van der Waals surface area contributed by atoms with E-state index in [9.17, 15) is 13.2 Å². The van der Waals surface area contributed by atoms with Crippen molar-refractivity contribution in [3.8, 4) is 5.69 Å². The zero-order valence-corrected chi connectivity index (χ0v) is 11.8.